The van der Waals surface area contributed by atoms with Gasteiger partial charge in [-0.3, -0.25) is 4.79 Å². The number of amides is 1. The third kappa shape index (κ3) is 4.73. The standard InChI is InChI=1S/C13H18N2O.C10H9F2NO3/c1-9(2)12-7-11(8-16-4)14-13-10(3)5-6-15(12)13;11-7-3-6-9(4-8(7)12)16-2-1-10(6,15)13-5-14/h5-7,9H,8H2,1-4H3;3-5,15H,1-2H2,(H,13,14). The highest BCUT2D eigenvalue weighted by molar-refractivity contribution is 5.51. The van der Waals surface area contributed by atoms with E-state index in [1.807, 2.05) is 0 Å². The van der Waals surface area contributed by atoms with Gasteiger partial charge in [-0.1, -0.05) is 13.8 Å². The molecule has 2 N–H and O–H groups in total. The van der Waals surface area contributed by atoms with Crippen LogP contribution in [-0.4, -0.2) is 34.6 Å². The minimum Gasteiger partial charge on any atom is -0.493 e. The fourth-order valence-corrected chi connectivity index (χ4v) is 3.61. The summed E-state index contributed by atoms with van der Waals surface area (Å²) in [6.45, 7) is 7.15. The molecule has 1 unspecified atom stereocenters. The van der Waals surface area contributed by atoms with Crippen molar-refractivity contribution >= 4 is 12.1 Å². The van der Waals surface area contributed by atoms with E-state index in [1.165, 1.54) is 11.3 Å². The van der Waals surface area contributed by atoms with Crippen molar-refractivity contribution in [2.75, 3.05) is 13.7 Å². The summed E-state index contributed by atoms with van der Waals surface area (Å²) in [4.78, 5) is 15.0. The molecule has 0 fully saturated rings. The molecule has 0 saturated carbocycles. The number of halogens is 2. The van der Waals surface area contributed by atoms with Crippen LogP contribution < -0.4 is 10.1 Å². The highest BCUT2D eigenvalue weighted by atomic mass is 19.2. The van der Waals surface area contributed by atoms with Crippen LogP contribution in [-0.2, 0) is 21.9 Å². The number of nitrogens with one attached hydrogen (secondary N) is 1. The van der Waals surface area contributed by atoms with E-state index in [9.17, 15) is 18.7 Å². The van der Waals surface area contributed by atoms with E-state index in [1.54, 1.807) is 7.11 Å². The molecule has 32 heavy (non-hydrogen) atoms. The van der Waals surface area contributed by atoms with E-state index in [4.69, 9.17) is 9.47 Å². The second-order valence-corrected chi connectivity index (χ2v) is 7.94. The summed E-state index contributed by atoms with van der Waals surface area (Å²) in [5, 5.41) is 12.2. The molecule has 1 amide bonds. The summed E-state index contributed by atoms with van der Waals surface area (Å²) in [5.74, 6) is -1.65. The lowest BCUT2D eigenvalue weighted by atomic mass is 9.96. The molecule has 0 saturated heterocycles. The normalized spacial score (nSPS) is 17.4. The van der Waals surface area contributed by atoms with Crippen molar-refractivity contribution in [1.82, 2.24) is 14.7 Å². The predicted octanol–water partition coefficient (Wildman–Crippen LogP) is 3.55. The number of carbonyl (C=O) groups is 1. The Labute approximate surface area is 185 Å². The van der Waals surface area contributed by atoms with Gasteiger partial charge in [0.1, 0.15) is 11.4 Å². The summed E-state index contributed by atoms with van der Waals surface area (Å²) in [7, 11) is 1.70. The molecule has 9 heteroatoms. The number of rotatable bonds is 5. The van der Waals surface area contributed by atoms with Crippen LogP contribution in [0.3, 0.4) is 0 Å². The van der Waals surface area contributed by atoms with E-state index >= 15 is 0 Å². The molecule has 0 radical (unpaired) electrons. The molecule has 1 aromatic carbocycles. The van der Waals surface area contributed by atoms with Gasteiger partial charge >= 0.3 is 0 Å². The second-order valence-electron chi connectivity index (χ2n) is 7.94. The van der Waals surface area contributed by atoms with E-state index in [0.717, 1.165) is 23.5 Å². The molecule has 3 heterocycles. The zero-order valence-electron chi connectivity index (χ0n) is 18.5. The molecule has 0 spiro atoms. The van der Waals surface area contributed by atoms with Gasteiger partial charge in [0.05, 0.1) is 18.9 Å². The van der Waals surface area contributed by atoms with Crippen molar-refractivity contribution in [1.29, 1.82) is 0 Å². The lowest BCUT2D eigenvalue weighted by molar-refractivity contribution is -0.119. The van der Waals surface area contributed by atoms with Gasteiger partial charge < -0.3 is 24.3 Å². The lowest BCUT2D eigenvalue weighted by Crippen LogP contribution is -2.45. The SMILES string of the molecule is COCc1cc(C(C)C)n2ccc(C)c2n1.O=CNC1(O)CCOc2cc(F)c(F)cc21. The fraction of sp³-hybridized carbons (Fsp3) is 0.391. The van der Waals surface area contributed by atoms with Gasteiger partial charge in [0.25, 0.3) is 0 Å². The van der Waals surface area contributed by atoms with Crippen LogP contribution in [0.5, 0.6) is 5.75 Å². The average Bonchev–Trinajstić information content (AvgIpc) is 3.11. The van der Waals surface area contributed by atoms with Gasteiger partial charge in [-0.25, -0.2) is 13.8 Å². The van der Waals surface area contributed by atoms with Gasteiger partial charge in [-0.05, 0) is 36.6 Å². The van der Waals surface area contributed by atoms with Crippen molar-refractivity contribution in [3.05, 3.63) is 64.6 Å². The average molecular weight is 447 g/mol. The molecule has 1 atom stereocenters. The summed E-state index contributed by atoms with van der Waals surface area (Å²) >= 11 is 0. The van der Waals surface area contributed by atoms with Crippen molar-refractivity contribution in [2.45, 2.75) is 45.4 Å². The van der Waals surface area contributed by atoms with Crippen LogP contribution in [0.25, 0.3) is 5.65 Å². The van der Waals surface area contributed by atoms with E-state index in [2.05, 4.69) is 53.8 Å². The Kier molecular flexibility index (Phi) is 7.10. The molecule has 7 nitrogen and oxygen atoms in total. The molecular formula is C23H27F2N3O4. The number of ether oxygens (including phenoxy) is 2. The van der Waals surface area contributed by atoms with Crippen LogP contribution in [0.4, 0.5) is 8.78 Å². The lowest BCUT2D eigenvalue weighted by Gasteiger charge is -2.33. The van der Waals surface area contributed by atoms with Crippen LogP contribution in [0, 0.1) is 18.6 Å². The quantitative estimate of drug-likeness (QED) is 0.462. The molecule has 1 aliphatic rings. The predicted molar refractivity (Wildman–Crippen MR) is 114 cm³/mol. The van der Waals surface area contributed by atoms with Crippen LogP contribution in [0.1, 0.15) is 48.7 Å². The maximum atomic E-state index is 13.0. The first-order valence-electron chi connectivity index (χ1n) is 10.2. The minimum absolute atomic E-state index is 0.0183. The van der Waals surface area contributed by atoms with E-state index < -0.39 is 17.4 Å². The number of carbonyl (C=O) groups excluding carboxylic acids is 1. The van der Waals surface area contributed by atoms with Crippen molar-refractivity contribution in [3.8, 4) is 5.75 Å². The van der Waals surface area contributed by atoms with Crippen molar-refractivity contribution in [3.63, 3.8) is 0 Å². The first kappa shape index (κ1) is 23.6. The Bertz CT molecular complexity index is 1120. The van der Waals surface area contributed by atoms with Crippen molar-refractivity contribution < 1.29 is 28.2 Å². The molecule has 4 rings (SSSR count). The number of hydrogen-bond donors (Lipinski definition) is 2. The maximum Gasteiger partial charge on any atom is 0.209 e. The zero-order chi connectivity index (χ0) is 23.5. The molecular weight excluding hydrogens is 420 g/mol. The van der Waals surface area contributed by atoms with Gasteiger partial charge in [-0.15, -0.1) is 0 Å². The zero-order valence-corrected chi connectivity index (χ0v) is 18.5. The van der Waals surface area contributed by atoms with Crippen LogP contribution in [0.2, 0.25) is 0 Å². The third-order valence-corrected chi connectivity index (χ3v) is 5.27. The minimum atomic E-state index is -1.70. The number of fused-ring (bicyclic) bond motifs is 2. The number of aryl methyl sites for hydroxylation is 1. The molecule has 172 valence electrons. The second kappa shape index (κ2) is 9.62. The Hall–Kier alpha value is -3.04. The number of aliphatic hydroxyl groups is 1. The molecule has 1 aliphatic heterocycles. The van der Waals surface area contributed by atoms with E-state index in [-0.39, 0.29) is 24.3 Å². The Morgan fingerprint density at radius 3 is 2.72 bits per heavy atom. The summed E-state index contributed by atoms with van der Waals surface area (Å²) in [6, 6.07) is 5.90. The smallest absolute Gasteiger partial charge is 0.209 e. The molecule has 3 aromatic rings. The van der Waals surface area contributed by atoms with Gasteiger partial charge in [0, 0.05) is 37.1 Å². The fourth-order valence-electron chi connectivity index (χ4n) is 3.61. The number of nitrogens with zero attached hydrogens (tertiary/aromatic N) is 2. The summed E-state index contributed by atoms with van der Waals surface area (Å²) < 4.78 is 38.4. The number of benzene rings is 1. The van der Waals surface area contributed by atoms with Gasteiger partial charge in [0.2, 0.25) is 6.41 Å². The van der Waals surface area contributed by atoms with Crippen LogP contribution in [0.15, 0.2) is 30.5 Å². The number of aromatic nitrogens is 2. The summed E-state index contributed by atoms with van der Waals surface area (Å²) in [6.07, 6.45) is 2.46. The van der Waals surface area contributed by atoms with Crippen LogP contribution >= 0.6 is 0 Å². The topological polar surface area (TPSA) is 85.1 Å². The number of methoxy groups -OCH3 is 1. The Balaban J connectivity index is 0.000000181. The highest BCUT2D eigenvalue weighted by Gasteiger charge is 2.36. The third-order valence-electron chi connectivity index (χ3n) is 5.27. The largest absolute Gasteiger partial charge is 0.493 e. The van der Waals surface area contributed by atoms with Gasteiger partial charge in [0.15, 0.2) is 17.4 Å². The molecule has 0 bridgehead atoms. The first-order chi connectivity index (χ1) is 15.2. The highest BCUT2D eigenvalue weighted by Crippen LogP contribution is 2.36. The van der Waals surface area contributed by atoms with E-state index in [0.29, 0.717) is 18.9 Å². The Morgan fingerprint density at radius 1 is 1.34 bits per heavy atom. The first-order valence-corrected chi connectivity index (χ1v) is 10.2. The van der Waals surface area contributed by atoms with Crippen molar-refractivity contribution in [2.24, 2.45) is 0 Å². The Morgan fingerprint density at radius 2 is 2.06 bits per heavy atom. The number of hydrogen-bond acceptors (Lipinski definition) is 5. The molecule has 0 aliphatic carbocycles. The monoisotopic (exact) mass is 447 g/mol. The van der Waals surface area contributed by atoms with Gasteiger partial charge in [-0.2, -0.15) is 0 Å². The summed E-state index contributed by atoms with van der Waals surface area (Å²) in [5.41, 5.74) is 2.85. The molecule has 2 aromatic heterocycles. The maximum absolute atomic E-state index is 13.0.